The molecule has 0 amide bonds. The van der Waals surface area contributed by atoms with Gasteiger partial charge in [0.1, 0.15) is 0 Å². The van der Waals surface area contributed by atoms with E-state index in [0.29, 0.717) is 11.3 Å². The fourth-order valence-electron chi connectivity index (χ4n) is 1.87. The number of aliphatic hydroxyl groups excluding tert-OH is 1. The van der Waals surface area contributed by atoms with Gasteiger partial charge in [0, 0.05) is 23.9 Å². The van der Waals surface area contributed by atoms with Crippen LogP contribution in [-0.4, -0.2) is 10.1 Å². The van der Waals surface area contributed by atoms with Gasteiger partial charge in [0.15, 0.2) is 11.6 Å². The lowest BCUT2D eigenvalue weighted by molar-refractivity contribution is 0.175. The molecule has 2 rings (SSSR count). The number of hydrogen-bond donors (Lipinski definition) is 1. The first-order chi connectivity index (χ1) is 8.59. The molecule has 0 fully saturated rings. The first-order valence-electron chi connectivity index (χ1n) is 5.62. The lowest BCUT2D eigenvalue weighted by atomic mass is 10.00. The summed E-state index contributed by atoms with van der Waals surface area (Å²) in [7, 11) is 0. The molecule has 0 bridgehead atoms. The van der Waals surface area contributed by atoms with E-state index in [9.17, 15) is 13.9 Å². The second kappa shape index (κ2) is 5.23. The van der Waals surface area contributed by atoms with Crippen molar-refractivity contribution >= 4 is 0 Å². The summed E-state index contributed by atoms with van der Waals surface area (Å²) in [5.74, 6) is -1.80. The molecular weight excluding hydrogens is 236 g/mol. The Morgan fingerprint density at radius 3 is 2.72 bits per heavy atom. The van der Waals surface area contributed by atoms with Crippen molar-refractivity contribution in [1.82, 2.24) is 4.98 Å². The van der Waals surface area contributed by atoms with Crippen LogP contribution in [0, 0.1) is 18.6 Å². The van der Waals surface area contributed by atoms with Crippen LogP contribution in [0.3, 0.4) is 0 Å². The monoisotopic (exact) mass is 249 g/mol. The molecule has 18 heavy (non-hydrogen) atoms. The minimum atomic E-state index is -0.905. The van der Waals surface area contributed by atoms with E-state index in [1.165, 1.54) is 12.1 Å². The molecule has 0 saturated heterocycles. The molecule has 1 unspecified atom stereocenters. The van der Waals surface area contributed by atoms with Crippen LogP contribution < -0.4 is 0 Å². The highest BCUT2D eigenvalue weighted by atomic mass is 19.2. The van der Waals surface area contributed by atoms with Gasteiger partial charge in [-0.05, 0) is 24.6 Å². The van der Waals surface area contributed by atoms with E-state index < -0.39 is 17.7 Å². The fourth-order valence-corrected chi connectivity index (χ4v) is 1.87. The van der Waals surface area contributed by atoms with Crippen molar-refractivity contribution in [3.8, 4) is 0 Å². The molecular formula is C14H13F2NO. The normalized spacial score (nSPS) is 12.4. The number of rotatable bonds is 3. The third-order valence-electron chi connectivity index (χ3n) is 2.85. The van der Waals surface area contributed by atoms with E-state index in [4.69, 9.17) is 0 Å². The van der Waals surface area contributed by atoms with E-state index in [1.54, 1.807) is 25.3 Å². The van der Waals surface area contributed by atoms with Gasteiger partial charge >= 0.3 is 0 Å². The van der Waals surface area contributed by atoms with E-state index >= 15 is 0 Å². The topological polar surface area (TPSA) is 33.1 Å². The van der Waals surface area contributed by atoms with Gasteiger partial charge in [-0.2, -0.15) is 0 Å². The Labute approximate surface area is 104 Å². The van der Waals surface area contributed by atoms with Gasteiger partial charge in [-0.1, -0.05) is 18.2 Å². The summed E-state index contributed by atoms with van der Waals surface area (Å²) in [6.07, 6.45) is 0.750. The van der Waals surface area contributed by atoms with E-state index in [-0.39, 0.29) is 12.0 Å². The number of aryl methyl sites for hydroxylation is 1. The SMILES string of the molecule is Cc1ncccc1C(O)Cc1cccc(F)c1F. The summed E-state index contributed by atoms with van der Waals surface area (Å²) in [4.78, 5) is 4.05. The van der Waals surface area contributed by atoms with Crippen LogP contribution in [0.1, 0.15) is 22.9 Å². The van der Waals surface area contributed by atoms with Gasteiger partial charge in [0.25, 0.3) is 0 Å². The lowest BCUT2D eigenvalue weighted by Gasteiger charge is -2.13. The molecule has 1 N–H and O–H groups in total. The highest BCUT2D eigenvalue weighted by Crippen LogP contribution is 2.22. The summed E-state index contributed by atoms with van der Waals surface area (Å²) >= 11 is 0. The number of hydrogen-bond acceptors (Lipinski definition) is 2. The number of pyridine rings is 1. The fraction of sp³-hybridized carbons (Fsp3) is 0.214. The first kappa shape index (κ1) is 12.6. The molecule has 94 valence electrons. The highest BCUT2D eigenvalue weighted by molar-refractivity contribution is 5.25. The number of halogens is 2. The quantitative estimate of drug-likeness (QED) is 0.907. The van der Waals surface area contributed by atoms with Crippen LogP contribution in [0.5, 0.6) is 0 Å². The van der Waals surface area contributed by atoms with Crippen molar-refractivity contribution < 1.29 is 13.9 Å². The maximum atomic E-state index is 13.5. The Balaban J connectivity index is 2.24. The van der Waals surface area contributed by atoms with Gasteiger partial charge in [-0.25, -0.2) is 8.78 Å². The molecule has 4 heteroatoms. The second-order valence-electron chi connectivity index (χ2n) is 4.11. The van der Waals surface area contributed by atoms with Gasteiger partial charge in [0.2, 0.25) is 0 Å². The van der Waals surface area contributed by atoms with Gasteiger partial charge in [0.05, 0.1) is 6.10 Å². The Hall–Kier alpha value is -1.81. The average Bonchev–Trinajstić information content (AvgIpc) is 2.35. The zero-order valence-corrected chi connectivity index (χ0v) is 9.90. The van der Waals surface area contributed by atoms with Crippen LogP contribution in [-0.2, 0) is 6.42 Å². The predicted molar refractivity (Wildman–Crippen MR) is 64.0 cm³/mol. The molecule has 0 radical (unpaired) electrons. The van der Waals surface area contributed by atoms with E-state index in [2.05, 4.69) is 4.98 Å². The minimum absolute atomic E-state index is 0.0239. The highest BCUT2D eigenvalue weighted by Gasteiger charge is 2.15. The van der Waals surface area contributed by atoms with E-state index in [1.807, 2.05) is 0 Å². The molecule has 0 aliphatic rings. The molecule has 1 aromatic carbocycles. The maximum absolute atomic E-state index is 13.5. The van der Waals surface area contributed by atoms with Crippen molar-refractivity contribution in [2.45, 2.75) is 19.4 Å². The number of nitrogens with zero attached hydrogens (tertiary/aromatic N) is 1. The Morgan fingerprint density at radius 1 is 1.22 bits per heavy atom. The van der Waals surface area contributed by atoms with Crippen molar-refractivity contribution in [2.75, 3.05) is 0 Å². The van der Waals surface area contributed by atoms with Gasteiger partial charge in [-0.3, -0.25) is 4.98 Å². The Morgan fingerprint density at radius 2 is 2.00 bits per heavy atom. The molecule has 0 aliphatic heterocycles. The third kappa shape index (κ3) is 2.54. The largest absolute Gasteiger partial charge is 0.388 e. The van der Waals surface area contributed by atoms with Crippen LogP contribution in [0.25, 0.3) is 0 Å². The van der Waals surface area contributed by atoms with E-state index in [0.717, 1.165) is 6.07 Å². The smallest absolute Gasteiger partial charge is 0.162 e. The summed E-state index contributed by atoms with van der Waals surface area (Å²) in [6.45, 7) is 1.76. The Bertz CT molecular complexity index is 557. The van der Waals surface area contributed by atoms with Crippen molar-refractivity contribution in [3.05, 3.63) is 65.0 Å². The number of aliphatic hydroxyl groups is 1. The summed E-state index contributed by atoms with van der Waals surface area (Å²) in [5, 5.41) is 10.0. The Kier molecular flexibility index (Phi) is 3.67. The zero-order chi connectivity index (χ0) is 13.1. The number of aromatic nitrogens is 1. The molecule has 1 heterocycles. The molecule has 0 saturated carbocycles. The second-order valence-corrected chi connectivity index (χ2v) is 4.11. The average molecular weight is 249 g/mol. The maximum Gasteiger partial charge on any atom is 0.162 e. The molecule has 2 nitrogen and oxygen atoms in total. The summed E-state index contributed by atoms with van der Waals surface area (Å²) in [5.41, 5.74) is 1.47. The third-order valence-corrected chi connectivity index (χ3v) is 2.85. The van der Waals surface area contributed by atoms with Crippen molar-refractivity contribution in [3.63, 3.8) is 0 Å². The lowest BCUT2D eigenvalue weighted by Crippen LogP contribution is -2.07. The molecule has 1 atom stereocenters. The van der Waals surface area contributed by atoms with Crippen LogP contribution in [0.4, 0.5) is 8.78 Å². The van der Waals surface area contributed by atoms with Gasteiger partial charge < -0.3 is 5.11 Å². The first-order valence-corrected chi connectivity index (χ1v) is 5.62. The summed E-state index contributed by atoms with van der Waals surface area (Å²) < 4.78 is 26.5. The molecule has 1 aromatic heterocycles. The van der Waals surface area contributed by atoms with Gasteiger partial charge in [-0.15, -0.1) is 0 Å². The summed E-state index contributed by atoms with van der Waals surface area (Å²) in [6, 6.07) is 7.38. The molecule has 2 aromatic rings. The molecule has 0 aliphatic carbocycles. The van der Waals surface area contributed by atoms with Crippen molar-refractivity contribution in [2.24, 2.45) is 0 Å². The van der Waals surface area contributed by atoms with Crippen LogP contribution >= 0.6 is 0 Å². The standard InChI is InChI=1S/C14H13F2NO/c1-9-11(5-3-7-17-9)13(18)8-10-4-2-6-12(15)14(10)16/h2-7,13,18H,8H2,1H3. The predicted octanol–water partition coefficient (Wildman–Crippen LogP) is 2.94. The van der Waals surface area contributed by atoms with Crippen LogP contribution in [0.15, 0.2) is 36.5 Å². The minimum Gasteiger partial charge on any atom is -0.388 e. The van der Waals surface area contributed by atoms with Crippen molar-refractivity contribution in [1.29, 1.82) is 0 Å². The zero-order valence-electron chi connectivity index (χ0n) is 9.90. The van der Waals surface area contributed by atoms with Crippen LogP contribution in [0.2, 0.25) is 0 Å². The molecule has 0 spiro atoms. The number of benzene rings is 1.